The van der Waals surface area contributed by atoms with Crippen LogP contribution in [0.3, 0.4) is 0 Å². The summed E-state index contributed by atoms with van der Waals surface area (Å²) in [7, 11) is 0. The van der Waals surface area contributed by atoms with E-state index < -0.39 is 0 Å². The molecule has 0 aliphatic carbocycles. The van der Waals surface area contributed by atoms with Gasteiger partial charge in [-0.25, -0.2) is 0 Å². The van der Waals surface area contributed by atoms with Crippen LogP contribution in [0.4, 0.5) is 5.69 Å². The van der Waals surface area contributed by atoms with Gasteiger partial charge in [0.2, 0.25) is 0 Å². The van der Waals surface area contributed by atoms with Crippen LogP contribution >= 0.6 is 0 Å². The molecule has 0 aliphatic rings. The van der Waals surface area contributed by atoms with Crippen LogP contribution in [0.2, 0.25) is 0 Å². The lowest BCUT2D eigenvalue weighted by molar-refractivity contribution is 0.102. The molecule has 28 heavy (non-hydrogen) atoms. The number of amides is 1. The number of hydrogen-bond donors (Lipinski definition) is 3. The summed E-state index contributed by atoms with van der Waals surface area (Å²) in [6.45, 7) is 5.22. The lowest BCUT2D eigenvalue weighted by Gasteiger charge is -2.11. The molecule has 4 aromatic rings. The Labute approximate surface area is 162 Å². The minimum Gasteiger partial charge on any atom is -0.318 e. The van der Waals surface area contributed by atoms with Gasteiger partial charge in [0.25, 0.3) is 5.91 Å². The van der Waals surface area contributed by atoms with Crippen molar-refractivity contribution in [1.29, 1.82) is 0 Å². The summed E-state index contributed by atoms with van der Waals surface area (Å²) in [5.41, 5.74) is 3.81. The molecule has 4 rings (SSSR count). The summed E-state index contributed by atoms with van der Waals surface area (Å²) in [5.74, 6) is 0.326. The number of carbonyl (C=O) groups is 1. The molecule has 0 atom stereocenters. The van der Waals surface area contributed by atoms with Crippen LogP contribution in [-0.2, 0) is 6.54 Å². The number of carbonyl (C=O) groups excluding carboxylic acids is 1. The standard InChI is InChI=1S/C20H23N7O/c1-3-13(4-2)11-27-12-16(10-23-27)24-20(28)19-17-6-5-14(7-18(17)25-26-19)15-8-21-22-9-15/h5-10,12-13H,3-4,11H2,1-2H3,(H,21,22)(H,24,28)(H,25,26). The summed E-state index contributed by atoms with van der Waals surface area (Å²) in [5, 5.41) is 21.9. The Kier molecular flexibility index (Phi) is 4.92. The van der Waals surface area contributed by atoms with E-state index in [1.165, 1.54) is 0 Å². The second-order valence-electron chi connectivity index (χ2n) is 6.91. The molecule has 8 heteroatoms. The van der Waals surface area contributed by atoms with E-state index in [-0.39, 0.29) is 5.91 Å². The molecule has 0 fully saturated rings. The van der Waals surface area contributed by atoms with E-state index in [0.29, 0.717) is 17.3 Å². The van der Waals surface area contributed by atoms with Crippen LogP contribution < -0.4 is 5.32 Å². The highest BCUT2D eigenvalue weighted by molar-refractivity contribution is 6.11. The molecule has 0 bridgehead atoms. The number of rotatable bonds is 7. The summed E-state index contributed by atoms with van der Waals surface area (Å²) in [6, 6.07) is 5.80. The summed E-state index contributed by atoms with van der Waals surface area (Å²) in [4.78, 5) is 12.7. The molecular weight excluding hydrogens is 354 g/mol. The highest BCUT2D eigenvalue weighted by atomic mass is 16.2. The van der Waals surface area contributed by atoms with Gasteiger partial charge in [0.1, 0.15) is 0 Å². The molecule has 0 unspecified atom stereocenters. The van der Waals surface area contributed by atoms with Crippen LogP contribution in [0.5, 0.6) is 0 Å². The normalized spacial score (nSPS) is 11.4. The molecule has 3 N–H and O–H groups in total. The van der Waals surface area contributed by atoms with Gasteiger partial charge in [0.05, 0.1) is 23.6 Å². The highest BCUT2D eigenvalue weighted by Crippen LogP contribution is 2.24. The first-order valence-corrected chi connectivity index (χ1v) is 9.49. The van der Waals surface area contributed by atoms with Crippen molar-refractivity contribution in [2.24, 2.45) is 5.92 Å². The van der Waals surface area contributed by atoms with E-state index in [2.05, 4.69) is 44.7 Å². The van der Waals surface area contributed by atoms with Crippen molar-refractivity contribution in [3.63, 3.8) is 0 Å². The van der Waals surface area contributed by atoms with Gasteiger partial charge in [-0.15, -0.1) is 0 Å². The predicted molar refractivity (Wildman–Crippen MR) is 108 cm³/mol. The maximum Gasteiger partial charge on any atom is 0.276 e. The average Bonchev–Trinajstić information content (AvgIpc) is 3.45. The topological polar surface area (TPSA) is 104 Å². The Morgan fingerprint density at radius 3 is 2.82 bits per heavy atom. The van der Waals surface area contributed by atoms with Gasteiger partial charge < -0.3 is 5.32 Å². The number of nitrogens with zero attached hydrogens (tertiary/aromatic N) is 4. The fourth-order valence-corrected chi connectivity index (χ4v) is 3.31. The van der Waals surface area contributed by atoms with Gasteiger partial charge in [-0.05, 0) is 23.6 Å². The molecule has 0 aliphatic heterocycles. The fraction of sp³-hybridized carbons (Fsp3) is 0.300. The first-order chi connectivity index (χ1) is 13.7. The fourth-order valence-electron chi connectivity index (χ4n) is 3.31. The molecule has 3 aromatic heterocycles. The van der Waals surface area contributed by atoms with Gasteiger partial charge in [0, 0.05) is 29.9 Å². The van der Waals surface area contributed by atoms with Gasteiger partial charge in [-0.3, -0.25) is 19.7 Å². The Balaban J connectivity index is 1.51. The van der Waals surface area contributed by atoms with E-state index in [1.54, 1.807) is 12.4 Å². The minimum absolute atomic E-state index is 0.260. The minimum atomic E-state index is -0.260. The molecule has 1 amide bonds. The van der Waals surface area contributed by atoms with E-state index in [1.807, 2.05) is 35.3 Å². The Morgan fingerprint density at radius 1 is 1.21 bits per heavy atom. The highest BCUT2D eigenvalue weighted by Gasteiger charge is 2.16. The zero-order valence-corrected chi connectivity index (χ0v) is 15.9. The number of aromatic amines is 2. The maximum atomic E-state index is 12.7. The average molecular weight is 377 g/mol. The third kappa shape index (κ3) is 3.53. The van der Waals surface area contributed by atoms with Crippen molar-refractivity contribution in [1.82, 2.24) is 30.2 Å². The Bertz CT molecular complexity index is 1070. The molecular formula is C20H23N7O. The lowest BCUT2D eigenvalue weighted by Crippen LogP contribution is -2.12. The van der Waals surface area contributed by atoms with Crippen molar-refractivity contribution in [2.75, 3.05) is 5.32 Å². The van der Waals surface area contributed by atoms with Crippen LogP contribution in [0.15, 0.2) is 43.0 Å². The van der Waals surface area contributed by atoms with Crippen LogP contribution in [0.1, 0.15) is 37.2 Å². The van der Waals surface area contributed by atoms with E-state index in [0.717, 1.165) is 41.4 Å². The largest absolute Gasteiger partial charge is 0.318 e. The molecule has 0 saturated heterocycles. The van der Waals surface area contributed by atoms with Gasteiger partial charge in [-0.1, -0.05) is 32.8 Å². The van der Waals surface area contributed by atoms with E-state index in [4.69, 9.17) is 0 Å². The first kappa shape index (κ1) is 18.0. The summed E-state index contributed by atoms with van der Waals surface area (Å²) < 4.78 is 1.88. The molecule has 0 spiro atoms. The van der Waals surface area contributed by atoms with Gasteiger partial charge >= 0.3 is 0 Å². The summed E-state index contributed by atoms with van der Waals surface area (Å²) >= 11 is 0. The first-order valence-electron chi connectivity index (χ1n) is 9.49. The lowest BCUT2D eigenvalue weighted by atomic mass is 10.0. The Morgan fingerprint density at radius 2 is 2.07 bits per heavy atom. The number of aromatic nitrogens is 6. The van der Waals surface area contributed by atoms with Gasteiger partial charge in [-0.2, -0.15) is 15.3 Å². The second-order valence-corrected chi connectivity index (χ2v) is 6.91. The molecule has 144 valence electrons. The number of anilines is 1. The second kappa shape index (κ2) is 7.67. The van der Waals surface area contributed by atoms with Crippen molar-refractivity contribution in [2.45, 2.75) is 33.2 Å². The van der Waals surface area contributed by atoms with Crippen molar-refractivity contribution < 1.29 is 4.79 Å². The van der Waals surface area contributed by atoms with Crippen LogP contribution in [-0.4, -0.2) is 36.1 Å². The zero-order valence-electron chi connectivity index (χ0n) is 15.9. The predicted octanol–water partition coefficient (Wildman–Crippen LogP) is 3.84. The third-order valence-electron chi connectivity index (χ3n) is 5.10. The number of fused-ring (bicyclic) bond motifs is 1. The molecule has 0 radical (unpaired) electrons. The van der Waals surface area contributed by atoms with Gasteiger partial charge in [0.15, 0.2) is 5.69 Å². The number of benzene rings is 1. The monoisotopic (exact) mass is 377 g/mol. The van der Waals surface area contributed by atoms with E-state index >= 15 is 0 Å². The van der Waals surface area contributed by atoms with Crippen LogP contribution in [0.25, 0.3) is 22.0 Å². The summed E-state index contributed by atoms with van der Waals surface area (Å²) in [6.07, 6.45) is 9.33. The van der Waals surface area contributed by atoms with Crippen molar-refractivity contribution in [3.05, 3.63) is 48.7 Å². The molecule has 1 aromatic carbocycles. The quantitative estimate of drug-likeness (QED) is 0.455. The van der Waals surface area contributed by atoms with Crippen LogP contribution in [0, 0.1) is 5.92 Å². The Hall–Kier alpha value is -3.42. The number of nitrogens with one attached hydrogen (secondary N) is 3. The zero-order chi connectivity index (χ0) is 19.5. The van der Waals surface area contributed by atoms with E-state index in [9.17, 15) is 4.79 Å². The number of hydrogen-bond acceptors (Lipinski definition) is 4. The third-order valence-corrected chi connectivity index (χ3v) is 5.10. The number of H-pyrrole nitrogens is 2. The van der Waals surface area contributed by atoms with Crippen molar-refractivity contribution in [3.8, 4) is 11.1 Å². The van der Waals surface area contributed by atoms with Crippen molar-refractivity contribution >= 4 is 22.5 Å². The molecule has 8 nitrogen and oxygen atoms in total. The molecule has 0 saturated carbocycles. The molecule has 3 heterocycles. The smallest absolute Gasteiger partial charge is 0.276 e. The maximum absolute atomic E-state index is 12.7. The SMILES string of the molecule is CCC(CC)Cn1cc(NC(=O)c2n[nH]c3cc(-c4cn[nH]c4)ccc23)cn1.